The fourth-order valence-corrected chi connectivity index (χ4v) is 7.07. The van der Waals surface area contributed by atoms with Crippen molar-refractivity contribution in [2.45, 2.75) is 71.2 Å². The van der Waals surface area contributed by atoms with Gasteiger partial charge in [0, 0.05) is 45.1 Å². The fourth-order valence-electron chi connectivity index (χ4n) is 6.07. The molecule has 11 heteroatoms. The van der Waals surface area contributed by atoms with E-state index in [-0.39, 0.29) is 0 Å². The van der Waals surface area contributed by atoms with Gasteiger partial charge in [0.05, 0.1) is 34.6 Å². The Balaban J connectivity index is 1.06. The van der Waals surface area contributed by atoms with Gasteiger partial charge in [0.1, 0.15) is 34.6 Å². The molecule has 7 rings (SSSR count). The Hall–Kier alpha value is -3.31. The first-order valence-electron chi connectivity index (χ1n) is 15.6. The van der Waals surface area contributed by atoms with E-state index in [1.54, 1.807) is 6.20 Å². The molecule has 0 radical (unpaired) electrons. The van der Waals surface area contributed by atoms with Gasteiger partial charge < -0.3 is 18.9 Å². The molecule has 1 aliphatic heterocycles. The summed E-state index contributed by atoms with van der Waals surface area (Å²) in [5, 5.41) is 5.05. The average molecular weight is 630 g/mol. The first-order valence-corrected chi connectivity index (χ1v) is 19.7. The first-order chi connectivity index (χ1) is 21.2. The van der Waals surface area contributed by atoms with Crippen LogP contribution in [0.2, 0.25) is 30.7 Å². The van der Waals surface area contributed by atoms with Gasteiger partial charge in [-0.1, -0.05) is 31.2 Å². The van der Waals surface area contributed by atoms with E-state index in [1.165, 1.54) is 32.4 Å². The summed E-state index contributed by atoms with van der Waals surface area (Å²) in [5.41, 5.74) is 4.85. The number of ether oxygens (including phenoxy) is 2. The summed E-state index contributed by atoms with van der Waals surface area (Å²) in [6, 6.07) is 11.5. The highest BCUT2D eigenvalue weighted by Gasteiger charge is 2.36. The number of hydrogen-bond acceptors (Lipinski definition) is 7. The number of nitrogens with zero attached hydrogens (tertiary/aromatic N) is 7. The Labute approximate surface area is 264 Å². The zero-order chi connectivity index (χ0) is 30.4. The lowest BCUT2D eigenvalue weighted by atomic mass is 9.78. The third kappa shape index (κ3) is 6.13. The van der Waals surface area contributed by atoms with Crippen molar-refractivity contribution in [3.05, 3.63) is 59.8 Å². The molecule has 3 aromatic heterocycles. The van der Waals surface area contributed by atoms with Gasteiger partial charge in [0.25, 0.3) is 0 Å². The second kappa shape index (κ2) is 11.9. The van der Waals surface area contributed by atoms with Crippen LogP contribution in [0.5, 0.6) is 11.5 Å². The number of aryl methyl sites for hydroxylation is 1. The molecule has 0 spiro atoms. The van der Waals surface area contributed by atoms with Gasteiger partial charge >= 0.3 is 0 Å². The highest BCUT2D eigenvalue weighted by atomic mass is 35.5. The van der Waals surface area contributed by atoms with E-state index in [4.69, 9.17) is 31.0 Å². The molecule has 4 heterocycles. The molecule has 2 fully saturated rings. The molecule has 1 saturated heterocycles. The number of rotatable bonds is 11. The Morgan fingerprint density at radius 2 is 1.84 bits per heavy atom. The minimum Gasteiger partial charge on any atom is -0.456 e. The van der Waals surface area contributed by atoms with Crippen LogP contribution in [0.25, 0.3) is 33.3 Å². The Bertz CT molecular complexity index is 1800. The van der Waals surface area contributed by atoms with Gasteiger partial charge in [0.2, 0.25) is 0 Å². The van der Waals surface area contributed by atoms with Crippen LogP contribution in [-0.4, -0.2) is 68.0 Å². The van der Waals surface area contributed by atoms with Crippen molar-refractivity contribution in [3.63, 3.8) is 0 Å². The van der Waals surface area contributed by atoms with Gasteiger partial charge in [0.15, 0.2) is 0 Å². The molecular formula is C33H40ClN7O2Si. The Kier molecular flexibility index (Phi) is 7.94. The van der Waals surface area contributed by atoms with Crippen molar-refractivity contribution in [2.75, 3.05) is 19.7 Å². The molecule has 230 valence electrons. The quantitative estimate of drug-likeness (QED) is 0.111. The van der Waals surface area contributed by atoms with E-state index in [0.29, 0.717) is 40.2 Å². The zero-order valence-corrected chi connectivity index (χ0v) is 27.7. The average Bonchev–Trinajstić information content (AvgIpc) is 3.53. The van der Waals surface area contributed by atoms with Crippen LogP contribution >= 0.6 is 11.6 Å². The minimum absolute atomic E-state index is 0.426. The molecule has 5 aromatic rings. The Morgan fingerprint density at radius 1 is 1.02 bits per heavy atom. The summed E-state index contributed by atoms with van der Waals surface area (Å²) < 4.78 is 16.5. The third-order valence-electron chi connectivity index (χ3n) is 8.96. The summed E-state index contributed by atoms with van der Waals surface area (Å²) in [4.78, 5) is 16.9. The summed E-state index contributed by atoms with van der Waals surface area (Å²) in [5.74, 6) is 2.79. The summed E-state index contributed by atoms with van der Waals surface area (Å²) in [6.07, 6.45) is 9.61. The van der Waals surface area contributed by atoms with Crippen LogP contribution in [0.3, 0.4) is 0 Å². The fraction of sp³-hybridized carbons (Fsp3) is 0.455. The van der Waals surface area contributed by atoms with Crippen LogP contribution < -0.4 is 4.74 Å². The molecule has 0 N–H and O–H groups in total. The molecule has 2 aliphatic rings. The van der Waals surface area contributed by atoms with E-state index in [2.05, 4.69) is 45.4 Å². The van der Waals surface area contributed by atoms with E-state index in [1.807, 2.05) is 48.1 Å². The number of likely N-dealkylation sites (tertiary alicyclic amines) is 1. The third-order valence-corrected chi connectivity index (χ3v) is 11.0. The van der Waals surface area contributed by atoms with Crippen molar-refractivity contribution in [1.29, 1.82) is 0 Å². The van der Waals surface area contributed by atoms with E-state index >= 15 is 0 Å². The number of halogens is 1. The number of hydrogen-bond donors (Lipinski definition) is 0. The van der Waals surface area contributed by atoms with Gasteiger partial charge in [-0.15, -0.1) is 0 Å². The monoisotopic (exact) mass is 629 g/mol. The maximum Gasteiger partial charge on any atom is 0.148 e. The summed E-state index contributed by atoms with van der Waals surface area (Å²) >= 11 is 6.90. The van der Waals surface area contributed by atoms with Crippen molar-refractivity contribution >= 4 is 41.7 Å². The van der Waals surface area contributed by atoms with E-state index < -0.39 is 8.07 Å². The maximum atomic E-state index is 6.90. The Morgan fingerprint density at radius 3 is 2.61 bits per heavy atom. The predicted octanol–water partition coefficient (Wildman–Crippen LogP) is 7.39. The number of benzene rings is 2. The zero-order valence-electron chi connectivity index (χ0n) is 26.0. The lowest BCUT2D eigenvalue weighted by Crippen LogP contribution is -2.51. The molecule has 9 nitrogen and oxygen atoms in total. The molecule has 2 aromatic carbocycles. The van der Waals surface area contributed by atoms with Crippen LogP contribution in [-0.2, 0) is 18.0 Å². The van der Waals surface area contributed by atoms with Crippen molar-refractivity contribution in [1.82, 2.24) is 34.2 Å². The molecule has 1 aliphatic carbocycles. The number of fused-ring (bicyclic) bond motifs is 2. The highest BCUT2D eigenvalue weighted by Crippen LogP contribution is 2.37. The smallest absolute Gasteiger partial charge is 0.148 e. The topological polar surface area (TPSA) is 83.1 Å². The molecular weight excluding hydrogens is 590 g/mol. The minimum atomic E-state index is -1.15. The molecule has 44 heavy (non-hydrogen) atoms. The standard InChI is InChI=1S/C33H40ClN7O2Si/c1-22-37-27-7-6-26(16-30(27)41(22)21-42-12-13-44(2,3)4)43-31-9-8-28-33(32(31)34)38-29(18-35-28)24-17-36-40(20-24)19-23-14-25(15-23)39-10-5-11-39/h6-9,16-18,20,23,25H,5,10-15,19,21H2,1-4H3. The van der Waals surface area contributed by atoms with E-state index in [0.717, 1.165) is 53.4 Å². The van der Waals surface area contributed by atoms with Gasteiger partial charge in [-0.25, -0.2) is 9.97 Å². The van der Waals surface area contributed by atoms with Gasteiger partial charge in [-0.3, -0.25) is 9.67 Å². The predicted molar refractivity (Wildman–Crippen MR) is 177 cm³/mol. The number of aromatic nitrogens is 6. The molecule has 0 bridgehead atoms. The van der Waals surface area contributed by atoms with Gasteiger partial charge in [-0.05, 0) is 75.5 Å². The molecule has 0 unspecified atom stereocenters. The second-order valence-electron chi connectivity index (χ2n) is 13.5. The first kappa shape index (κ1) is 29.4. The molecule has 0 amide bonds. The molecule has 1 saturated carbocycles. The molecule has 0 atom stereocenters. The summed E-state index contributed by atoms with van der Waals surface area (Å²) in [6.45, 7) is 13.8. The summed E-state index contributed by atoms with van der Waals surface area (Å²) in [7, 11) is -1.15. The highest BCUT2D eigenvalue weighted by molar-refractivity contribution is 6.76. The normalized spacial score (nSPS) is 18.9. The largest absolute Gasteiger partial charge is 0.456 e. The van der Waals surface area contributed by atoms with Crippen LogP contribution in [0, 0.1) is 12.8 Å². The van der Waals surface area contributed by atoms with E-state index in [9.17, 15) is 0 Å². The SMILES string of the molecule is Cc1nc2ccc(Oc3ccc4ncc(-c5cnn(CC6CC(N7CCC7)C6)c5)nc4c3Cl)cc2n1COCC[Si](C)(C)C. The maximum absolute atomic E-state index is 6.90. The van der Waals surface area contributed by atoms with Crippen LogP contribution in [0.1, 0.15) is 25.1 Å². The van der Waals surface area contributed by atoms with Crippen LogP contribution in [0.15, 0.2) is 48.9 Å². The van der Waals surface area contributed by atoms with Crippen LogP contribution in [0.4, 0.5) is 0 Å². The lowest BCUT2D eigenvalue weighted by molar-refractivity contribution is 0.0248. The number of imidazole rings is 1. The van der Waals surface area contributed by atoms with Gasteiger partial charge in [-0.2, -0.15) is 5.10 Å². The van der Waals surface area contributed by atoms with Crippen molar-refractivity contribution in [3.8, 4) is 22.8 Å². The second-order valence-corrected chi connectivity index (χ2v) is 19.5. The lowest BCUT2D eigenvalue weighted by Gasteiger charge is -2.47. The van der Waals surface area contributed by atoms with Crippen molar-refractivity contribution in [2.24, 2.45) is 5.92 Å². The van der Waals surface area contributed by atoms with Crippen molar-refractivity contribution < 1.29 is 9.47 Å².